The number of fused-ring (bicyclic) bond motifs is 1. The zero-order valence-electron chi connectivity index (χ0n) is 12.0. The fourth-order valence-electron chi connectivity index (χ4n) is 3.09. The first-order valence-electron chi connectivity index (χ1n) is 7.26. The summed E-state index contributed by atoms with van der Waals surface area (Å²) in [4.78, 5) is 0. The second kappa shape index (κ2) is 5.28. The van der Waals surface area contributed by atoms with Crippen molar-refractivity contribution in [3.05, 3.63) is 65.0 Å². The maximum absolute atomic E-state index is 13.3. The van der Waals surface area contributed by atoms with Crippen molar-refractivity contribution in [3.8, 4) is 0 Å². The van der Waals surface area contributed by atoms with Gasteiger partial charge >= 0.3 is 0 Å². The predicted molar refractivity (Wildman–Crippen MR) is 81.6 cm³/mol. The molecule has 0 saturated heterocycles. The van der Waals surface area contributed by atoms with Gasteiger partial charge in [-0.15, -0.1) is 0 Å². The lowest BCUT2D eigenvalue weighted by Gasteiger charge is -2.31. The minimum absolute atomic E-state index is 0.145. The molecule has 1 N–H and O–H groups in total. The van der Waals surface area contributed by atoms with E-state index in [1.165, 1.54) is 23.6 Å². The third kappa shape index (κ3) is 2.43. The Morgan fingerprint density at radius 1 is 1.05 bits per heavy atom. The third-order valence-electron chi connectivity index (χ3n) is 4.29. The highest BCUT2D eigenvalue weighted by atomic mass is 19.1. The molecule has 0 spiro atoms. The van der Waals surface area contributed by atoms with Crippen LogP contribution < -0.4 is 5.32 Å². The molecule has 0 heterocycles. The molecule has 1 aliphatic carbocycles. The summed E-state index contributed by atoms with van der Waals surface area (Å²) < 4.78 is 13.3. The fourth-order valence-corrected chi connectivity index (χ4v) is 3.09. The molecule has 0 aliphatic heterocycles. The van der Waals surface area contributed by atoms with Gasteiger partial charge in [0, 0.05) is 5.69 Å². The Kier molecular flexibility index (Phi) is 3.47. The monoisotopic (exact) mass is 269 g/mol. The smallest absolute Gasteiger partial charge is 0.126 e. The molecule has 104 valence electrons. The summed E-state index contributed by atoms with van der Waals surface area (Å²) in [5.41, 5.74) is 4.51. The second-order valence-corrected chi connectivity index (χ2v) is 5.77. The van der Waals surface area contributed by atoms with Crippen LogP contribution in [0.1, 0.15) is 48.4 Å². The van der Waals surface area contributed by atoms with E-state index in [9.17, 15) is 4.39 Å². The summed E-state index contributed by atoms with van der Waals surface area (Å²) in [7, 11) is 0. The lowest BCUT2D eigenvalue weighted by atomic mass is 9.81. The van der Waals surface area contributed by atoms with E-state index in [-0.39, 0.29) is 5.82 Å². The zero-order valence-corrected chi connectivity index (χ0v) is 12.0. The van der Waals surface area contributed by atoms with Gasteiger partial charge in [-0.2, -0.15) is 0 Å². The maximum Gasteiger partial charge on any atom is 0.126 e. The van der Waals surface area contributed by atoms with Crippen molar-refractivity contribution in [2.24, 2.45) is 0 Å². The number of anilines is 1. The van der Waals surface area contributed by atoms with Crippen LogP contribution in [-0.2, 0) is 0 Å². The molecule has 20 heavy (non-hydrogen) atoms. The average Bonchev–Trinajstić information content (AvgIpc) is 2.46. The molecule has 1 aliphatic rings. The minimum Gasteiger partial charge on any atom is -0.378 e. The van der Waals surface area contributed by atoms with Crippen LogP contribution in [0.5, 0.6) is 0 Å². The van der Waals surface area contributed by atoms with E-state index >= 15 is 0 Å². The van der Waals surface area contributed by atoms with Gasteiger partial charge in [0.05, 0.1) is 6.04 Å². The topological polar surface area (TPSA) is 12.0 Å². The molecule has 0 fully saturated rings. The molecule has 0 radical (unpaired) electrons. The molecule has 2 atom stereocenters. The first-order chi connectivity index (χ1) is 9.65. The summed E-state index contributed by atoms with van der Waals surface area (Å²) in [6, 6.07) is 14.2. The highest BCUT2D eigenvalue weighted by Gasteiger charge is 2.24. The maximum atomic E-state index is 13.3. The Morgan fingerprint density at radius 2 is 1.80 bits per heavy atom. The molecule has 0 aromatic heterocycles. The largest absolute Gasteiger partial charge is 0.378 e. The Morgan fingerprint density at radius 3 is 2.55 bits per heavy atom. The molecular formula is C18H20FN. The quantitative estimate of drug-likeness (QED) is 0.791. The van der Waals surface area contributed by atoms with Gasteiger partial charge in [0.15, 0.2) is 0 Å². The number of halogens is 1. The highest BCUT2D eigenvalue weighted by molar-refractivity contribution is 5.49. The van der Waals surface area contributed by atoms with Gasteiger partial charge < -0.3 is 5.32 Å². The number of nitrogens with one attached hydrogen (secondary N) is 1. The minimum atomic E-state index is -0.145. The van der Waals surface area contributed by atoms with Gasteiger partial charge in [-0.25, -0.2) is 4.39 Å². The standard InChI is InChI=1S/C18H20FN/c1-12-7-10-18(16-6-4-3-5-15(12)16)20-14-8-9-17(19)13(2)11-14/h3-6,8-9,11-12,18,20H,7,10H2,1-2H3. The molecule has 2 unspecified atom stereocenters. The van der Waals surface area contributed by atoms with Crippen LogP contribution in [0.3, 0.4) is 0 Å². The van der Waals surface area contributed by atoms with Crippen LogP contribution >= 0.6 is 0 Å². The van der Waals surface area contributed by atoms with Crippen molar-refractivity contribution in [2.75, 3.05) is 5.32 Å². The first kappa shape index (κ1) is 13.2. The number of hydrogen-bond donors (Lipinski definition) is 1. The lowest BCUT2D eigenvalue weighted by Crippen LogP contribution is -2.19. The zero-order chi connectivity index (χ0) is 14.1. The Bertz CT molecular complexity index is 621. The molecular weight excluding hydrogens is 249 g/mol. The molecule has 0 saturated carbocycles. The van der Waals surface area contributed by atoms with Crippen molar-refractivity contribution >= 4 is 5.69 Å². The summed E-state index contributed by atoms with van der Waals surface area (Å²) in [5.74, 6) is 0.479. The van der Waals surface area contributed by atoms with Crippen molar-refractivity contribution in [3.63, 3.8) is 0 Å². The van der Waals surface area contributed by atoms with E-state index in [2.05, 4.69) is 36.5 Å². The summed E-state index contributed by atoms with van der Waals surface area (Å²) in [6.45, 7) is 4.09. The number of hydrogen-bond acceptors (Lipinski definition) is 1. The molecule has 3 rings (SSSR count). The van der Waals surface area contributed by atoms with Crippen LogP contribution in [0, 0.1) is 12.7 Å². The Hall–Kier alpha value is -1.83. The third-order valence-corrected chi connectivity index (χ3v) is 4.29. The first-order valence-corrected chi connectivity index (χ1v) is 7.26. The van der Waals surface area contributed by atoms with E-state index < -0.39 is 0 Å². The Balaban J connectivity index is 1.88. The van der Waals surface area contributed by atoms with E-state index in [1.807, 2.05) is 12.1 Å². The molecule has 2 heteroatoms. The van der Waals surface area contributed by atoms with Crippen LogP contribution in [-0.4, -0.2) is 0 Å². The predicted octanol–water partition coefficient (Wildman–Crippen LogP) is 5.18. The van der Waals surface area contributed by atoms with Gasteiger partial charge in [0.25, 0.3) is 0 Å². The average molecular weight is 269 g/mol. The van der Waals surface area contributed by atoms with Crippen LogP contribution in [0.4, 0.5) is 10.1 Å². The number of benzene rings is 2. The SMILES string of the molecule is Cc1cc(NC2CCC(C)c3ccccc32)ccc1F. The van der Waals surface area contributed by atoms with E-state index in [0.717, 1.165) is 12.1 Å². The molecule has 1 nitrogen and oxygen atoms in total. The summed E-state index contributed by atoms with van der Waals surface area (Å²) in [5, 5.41) is 3.56. The molecule has 0 bridgehead atoms. The van der Waals surface area contributed by atoms with Gasteiger partial charge in [0.2, 0.25) is 0 Å². The van der Waals surface area contributed by atoms with E-state index in [1.54, 1.807) is 6.92 Å². The van der Waals surface area contributed by atoms with Crippen molar-refractivity contribution in [2.45, 2.75) is 38.6 Å². The molecule has 0 amide bonds. The highest BCUT2D eigenvalue weighted by Crippen LogP contribution is 2.38. The number of aryl methyl sites for hydroxylation is 1. The van der Waals surface area contributed by atoms with Crippen LogP contribution in [0.2, 0.25) is 0 Å². The van der Waals surface area contributed by atoms with Gasteiger partial charge in [0.1, 0.15) is 5.82 Å². The fraction of sp³-hybridized carbons (Fsp3) is 0.333. The lowest BCUT2D eigenvalue weighted by molar-refractivity contribution is 0.534. The summed E-state index contributed by atoms with van der Waals surface area (Å²) >= 11 is 0. The molecule has 2 aromatic rings. The second-order valence-electron chi connectivity index (χ2n) is 5.77. The van der Waals surface area contributed by atoms with Gasteiger partial charge in [-0.1, -0.05) is 31.2 Å². The van der Waals surface area contributed by atoms with Gasteiger partial charge in [-0.3, -0.25) is 0 Å². The molecule has 2 aromatic carbocycles. The van der Waals surface area contributed by atoms with Crippen molar-refractivity contribution in [1.29, 1.82) is 0 Å². The van der Waals surface area contributed by atoms with Crippen molar-refractivity contribution < 1.29 is 4.39 Å². The van der Waals surface area contributed by atoms with Gasteiger partial charge in [-0.05, 0) is 60.6 Å². The van der Waals surface area contributed by atoms with Crippen LogP contribution in [0.25, 0.3) is 0 Å². The Labute approximate surface area is 119 Å². The van der Waals surface area contributed by atoms with Crippen LogP contribution in [0.15, 0.2) is 42.5 Å². The number of rotatable bonds is 2. The van der Waals surface area contributed by atoms with Crippen molar-refractivity contribution in [1.82, 2.24) is 0 Å². The summed E-state index contributed by atoms with van der Waals surface area (Å²) in [6.07, 6.45) is 2.31. The van der Waals surface area contributed by atoms with E-state index in [4.69, 9.17) is 0 Å². The van der Waals surface area contributed by atoms with E-state index in [0.29, 0.717) is 17.5 Å². The normalized spacial score (nSPS) is 21.4.